The van der Waals surface area contributed by atoms with Gasteiger partial charge in [-0.3, -0.25) is 0 Å². The summed E-state index contributed by atoms with van der Waals surface area (Å²) in [6.45, 7) is 4.52. The van der Waals surface area contributed by atoms with Gasteiger partial charge in [0.2, 0.25) is 5.89 Å². The molecule has 0 aromatic carbocycles. The Hall–Kier alpha value is -1.87. The third kappa shape index (κ3) is 3.18. The van der Waals surface area contributed by atoms with Gasteiger partial charge in [0, 0.05) is 12.5 Å². The van der Waals surface area contributed by atoms with Crippen molar-refractivity contribution in [2.45, 2.75) is 36.2 Å². The third-order valence-corrected chi connectivity index (χ3v) is 4.95. The number of thioether (sulfide) groups is 1. The second-order valence-electron chi connectivity index (χ2n) is 5.41. The van der Waals surface area contributed by atoms with Crippen LogP contribution in [0.15, 0.2) is 43.4 Å². The van der Waals surface area contributed by atoms with Crippen molar-refractivity contribution in [3.63, 3.8) is 0 Å². The van der Waals surface area contributed by atoms with Gasteiger partial charge in [-0.05, 0) is 40.9 Å². The third-order valence-electron chi connectivity index (χ3n) is 3.58. The van der Waals surface area contributed by atoms with Crippen LogP contribution in [-0.4, -0.2) is 25.0 Å². The van der Waals surface area contributed by atoms with E-state index in [2.05, 4.69) is 47.5 Å². The molecule has 9 heteroatoms. The standard InChI is InChI=1S/C15H14BrN5O2S/c1-2-7-21-13(9-3-4-9)18-20-15(21)24-8-12-17-19-14(23-12)10-5-6-11(16)22-10/h2,5-6,9H,1,3-4,7-8H2. The highest BCUT2D eigenvalue weighted by molar-refractivity contribution is 9.10. The van der Waals surface area contributed by atoms with Crippen LogP contribution in [0.3, 0.4) is 0 Å². The average molecular weight is 408 g/mol. The number of rotatable bonds is 7. The molecule has 0 atom stereocenters. The summed E-state index contributed by atoms with van der Waals surface area (Å²) < 4.78 is 13.8. The molecule has 1 fully saturated rings. The number of hydrogen-bond acceptors (Lipinski definition) is 7. The molecule has 0 spiro atoms. The maximum atomic E-state index is 5.64. The fraction of sp³-hybridized carbons (Fsp3) is 0.333. The Balaban J connectivity index is 1.47. The van der Waals surface area contributed by atoms with E-state index in [-0.39, 0.29) is 0 Å². The lowest BCUT2D eigenvalue weighted by Gasteiger charge is -2.05. The number of halogens is 1. The maximum Gasteiger partial charge on any atom is 0.283 e. The van der Waals surface area contributed by atoms with Crippen molar-refractivity contribution in [3.8, 4) is 11.7 Å². The first-order valence-electron chi connectivity index (χ1n) is 7.49. The monoisotopic (exact) mass is 407 g/mol. The normalized spacial score (nSPS) is 14.2. The van der Waals surface area contributed by atoms with Gasteiger partial charge in [0.15, 0.2) is 15.6 Å². The number of aromatic nitrogens is 5. The molecule has 24 heavy (non-hydrogen) atoms. The largest absolute Gasteiger partial charge is 0.444 e. The van der Waals surface area contributed by atoms with Gasteiger partial charge < -0.3 is 13.4 Å². The van der Waals surface area contributed by atoms with Gasteiger partial charge in [-0.25, -0.2) is 0 Å². The highest BCUT2D eigenvalue weighted by atomic mass is 79.9. The molecular formula is C15H14BrN5O2S. The minimum absolute atomic E-state index is 0.363. The van der Waals surface area contributed by atoms with Crippen LogP contribution in [0.25, 0.3) is 11.7 Å². The van der Waals surface area contributed by atoms with E-state index in [9.17, 15) is 0 Å². The Labute approximate surface area is 150 Å². The van der Waals surface area contributed by atoms with Gasteiger partial charge in [-0.1, -0.05) is 17.8 Å². The fourth-order valence-corrected chi connectivity index (χ4v) is 3.42. The molecule has 3 aromatic rings. The van der Waals surface area contributed by atoms with Crippen molar-refractivity contribution >= 4 is 27.7 Å². The first kappa shape index (κ1) is 15.6. The number of nitrogens with zero attached hydrogens (tertiary/aromatic N) is 5. The van der Waals surface area contributed by atoms with Crippen LogP contribution in [0.2, 0.25) is 0 Å². The highest BCUT2D eigenvalue weighted by Gasteiger charge is 2.30. The van der Waals surface area contributed by atoms with Gasteiger partial charge in [-0.15, -0.1) is 27.0 Å². The fourth-order valence-electron chi connectivity index (χ4n) is 2.32. The molecule has 0 saturated heterocycles. The molecule has 1 aliphatic rings. The summed E-state index contributed by atoms with van der Waals surface area (Å²) in [6, 6.07) is 3.56. The summed E-state index contributed by atoms with van der Waals surface area (Å²) in [7, 11) is 0. The first-order valence-corrected chi connectivity index (χ1v) is 9.27. The Morgan fingerprint density at radius 3 is 2.83 bits per heavy atom. The van der Waals surface area contributed by atoms with Crippen LogP contribution in [-0.2, 0) is 12.3 Å². The summed E-state index contributed by atoms with van der Waals surface area (Å²) in [5.41, 5.74) is 0. The van der Waals surface area contributed by atoms with Crippen molar-refractivity contribution in [3.05, 3.63) is 41.2 Å². The predicted molar refractivity (Wildman–Crippen MR) is 91.5 cm³/mol. The van der Waals surface area contributed by atoms with E-state index in [0.29, 0.717) is 40.4 Å². The Morgan fingerprint density at radius 1 is 1.25 bits per heavy atom. The van der Waals surface area contributed by atoms with Crippen LogP contribution in [0, 0.1) is 0 Å². The van der Waals surface area contributed by atoms with Crippen LogP contribution in [0.4, 0.5) is 0 Å². The van der Waals surface area contributed by atoms with Crippen LogP contribution >= 0.6 is 27.7 Å². The molecule has 3 aromatic heterocycles. The Morgan fingerprint density at radius 2 is 2.12 bits per heavy atom. The molecule has 124 valence electrons. The summed E-state index contributed by atoms with van der Waals surface area (Å²) in [5.74, 6) is 3.53. The zero-order valence-corrected chi connectivity index (χ0v) is 15.1. The zero-order valence-electron chi connectivity index (χ0n) is 12.7. The molecule has 1 aliphatic carbocycles. The molecule has 1 saturated carbocycles. The summed E-state index contributed by atoms with van der Waals surface area (Å²) in [5, 5.41) is 17.5. The first-order chi connectivity index (χ1) is 11.7. The lowest BCUT2D eigenvalue weighted by molar-refractivity contribution is 0.486. The molecule has 0 aliphatic heterocycles. The summed E-state index contributed by atoms with van der Waals surface area (Å²) in [6.07, 6.45) is 4.23. The lowest BCUT2D eigenvalue weighted by atomic mass is 10.4. The molecule has 0 amide bonds. The van der Waals surface area contributed by atoms with E-state index in [0.717, 1.165) is 11.0 Å². The Bertz CT molecular complexity index is 867. The van der Waals surface area contributed by atoms with Crippen molar-refractivity contribution in [1.29, 1.82) is 0 Å². The zero-order chi connectivity index (χ0) is 16.5. The van der Waals surface area contributed by atoms with Crippen LogP contribution < -0.4 is 0 Å². The van der Waals surface area contributed by atoms with Gasteiger partial charge in [-0.2, -0.15) is 0 Å². The van der Waals surface area contributed by atoms with Crippen molar-refractivity contribution < 1.29 is 8.83 Å². The van der Waals surface area contributed by atoms with Gasteiger partial charge in [0.05, 0.1) is 5.75 Å². The van der Waals surface area contributed by atoms with E-state index in [1.54, 1.807) is 12.1 Å². The topological polar surface area (TPSA) is 82.8 Å². The van der Waals surface area contributed by atoms with E-state index in [1.807, 2.05) is 6.08 Å². The number of hydrogen-bond donors (Lipinski definition) is 0. The van der Waals surface area contributed by atoms with Crippen molar-refractivity contribution in [2.75, 3.05) is 0 Å². The van der Waals surface area contributed by atoms with E-state index >= 15 is 0 Å². The molecular weight excluding hydrogens is 394 g/mol. The molecule has 0 N–H and O–H groups in total. The van der Waals surface area contributed by atoms with Crippen molar-refractivity contribution in [2.24, 2.45) is 0 Å². The van der Waals surface area contributed by atoms with E-state index in [1.165, 1.54) is 24.6 Å². The molecule has 0 unspecified atom stereocenters. The minimum atomic E-state index is 0.363. The number of allylic oxidation sites excluding steroid dienone is 1. The SMILES string of the molecule is C=CCn1c(SCc2nnc(-c3ccc(Br)o3)o2)nnc1C1CC1. The quantitative estimate of drug-likeness (QED) is 0.431. The summed E-state index contributed by atoms with van der Waals surface area (Å²) >= 11 is 4.78. The molecule has 4 rings (SSSR count). The molecule has 0 radical (unpaired) electrons. The van der Waals surface area contributed by atoms with E-state index < -0.39 is 0 Å². The van der Waals surface area contributed by atoms with E-state index in [4.69, 9.17) is 8.83 Å². The maximum absolute atomic E-state index is 5.64. The Kier molecular flexibility index (Phi) is 4.28. The molecule has 3 heterocycles. The van der Waals surface area contributed by atoms with Gasteiger partial charge in [0.25, 0.3) is 5.89 Å². The second-order valence-corrected chi connectivity index (χ2v) is 7.13. The van der Waals surface area contributed by atoms with Gasteiger partial charge >= 0.3 is 0 Å². The van der Waals surface area contributed by atoms with Crippen LogP contribution in [0.1, 0.15) is 30.5 Å². The molecule has 7 nitrogen and oxygen atoms in total. The van der Waals surface area contributed by atoms with Gasteiger partial charge in [0.1, 0.15) is 5.82 Å². The smallest absolute Gasteiger partial charge is 0.283 e. The minimum Gasteiger partial charge on any atom is -0.444 e. The highest BCUT2D eigenvalue weighted by Crippen LogP contribution is 2.40. The number of furan rings is 1. The summed E-state index contributed by atoms with van der Waals surface area (Å²) in [4.78, 5) is 0. The van der Waals surface area contributed by atoms with Crippen molar-refractivity contribution in [1.82, 2.24) is 25.0 Å². The molecule has 0 bridgehead atoms. The lowest BCUT2D eigenvalue weighted by Crippen LogP contribution is -2.02. The average Bonchev–Trinajstić information content (AvgIpc) is 2.97. The second kappa shape index (κ2) is 6.56. The van der Waals surface area contributed by atoms with Crippen LogP contribution in [0.5, 0.6) is 0 Å². The predicted octanol–water partition coefficient (Wildman–Crippen LogP) is 4.04.